The molecule has 18 atom stereocenters. The molecule has 340 valence electrons. The van der Waals surface area contributed by atoms with E-state index in [1.807, 2.05) is 25.9 Å². The van der Waals surface area contributed by atoms with Crippen molar-refractivity contribution in [2.75, 3.05) is 27.7 Å². The van der Waals surface area contributed by atoms with E-state index in [4.69, 9.17) is 39.4 Å². The molecular weight excluding hydrogens is 762 g/mol. The Kier molecular flexibility index (Phi) is 19.0. The minimum atomic E-state index is -1.99. The van der Waals surface area contributed by atoms with Gasteiger partial charge in [-0.25, -0.2) is 15.6 Å². The largest absolute Gasteiger partial charge is 0.464 e. The number of aliphatic hydroxyl groups excluding tert-OH is 3. The number of hydrogen-bond acceptors (Lipinski definition) is 16. The molecule has 18 heteroatoms. The van der Waals surface area contributed by atoms with Gasteiger partial charge in [-0.05, 0) is 81.8 Å². The topological polar surface area (TPSA) is 260 Å². The predicted octanol–water partition coefficient (Wildman–Crippen LogP) is 1.65. The lowest BCUT2D eigenvalue weighted by Crippen LogP contribution is -2.61. The molecule has 0 unspecified atom stereocenters. The van der Waals surface area contributed by atoms with Crippen LogP contribution in [0.5, 0.6) is 0 Å². The van der Waals surface area contributed by atoms with Gasteiger partial charge in [-0.3, -0.25) is 9.59 Å². The Morgan fingerprint density at radius 1 is 0.914 bits per heavy atom. The van der Waals surface area contributed by atoms with Crippen LogP contribution < -0.4 is 5.84 Å². The van der Waals surface area contributed by atoms with Crippen LogP contribution in [0.3, 0.4) is 0 Å². The van der Waals surface area contributed by atoms with Crippen molar-refractivity contribution in [2.45, 2.75) is 186 Å². The second-order valence-corrected chi connectivity index (χ2v) is 17.5. The highest BCUT2D eigenvalue weighted by Crippen LogP contribution is 2.40. The van der Waals surface area contributed by atoms with Crippen molar-refractivity contribution in [3.05, 3.63) is 0 Å². The molecule has 3 rings (SSSR count). The number of likely N-dealkylation sites (N-methyl/N-ethyl adjacent to an activating group) is 1. The maximum absolute atomic E-state index is 14.1. The number of nitrogens with two attached hydrogens (primary N) is 1. The first-order chi connectivity index (χ1) is 26.6. The molecular formula is C40H75N3O15. The second-order valence-electron chi connectivity index (χ2n) is 17.5. The summed E-state index contributed by atoms with van der Waals surface area (Å²) in [6, 6.07) is -0.324. The smallest absolute Gasteiger partial charge is 0.421 e. The van der Waals surface area contributed by atoms with E-state index in [0.717, 1.165) is 0 Å². The van der Waals surface area contributed by atoms with Gasteiger partial charge in [0.1, 0.15) is 29.7 Å². The van der Waals surface area contributed by atoms with E-state index in [1.54, 1.807) is 48.5 Å². The number of carboxylic acid groups (broad SMARTS) is 1. The Morgan fingerprint density at radius 2 is 1.50 bits per heavy atom. The van der Waals surface area contributed by atoms with Gasteiger partial charge in [-0.1, -0.05) is 27.7 Å². The molecule has 3 aliphatic rings. The number of rotatable bonds is 8. The zero-order valence-electron chi connectivity index (χ0n) is 37.0. The molecule has 58 heavy (non-hydrogen) atoms. The van der Waals surface area contributed by atoms with Gasteiger partial charge in [0, 0.05) is 43.9 Å². The first-order valence-corrected chi connectivity index (χ1v) is 20.4. The Labute approximate surface area is 344 Å². The number of methoxy groups -OCH3 is 1. The SMILES string of the molecule is CCN(N)C(=O)O.CC[C@H]1OC(=O)[C@H](C)[C@@H](O[C@H]2C[C@@](C)(OC)[C@@H](O)[C@H](C)O2)[C@H](C)[C@@H](O[C@@H]2O[C@H](C)C[C@H](N(C)C)[C@H]2O)[C@](C)(O)C[C@@H](C)C(=O)[C@H](C)[C@@H](O)[C@]1(C)O. The number of nitrogens with zero attached hydrogens (tertiary/aromatic N) is 2. The number of hydrazine groups is 1. The third-order valence-electron chi connectivity index (χ3n) is 12.4. The fraction of sp³-hybridized carbons (Fsp3) is 0.925. The van der Waals surface area contributed by atoms with Crippen LogP contribution in [0.15, 0.2) is 0 Å². The molecule has 3 heterocycles. The second kappa shape index (κ2) is 21.1. The van der Waals surface area contributed by atoms with Gasteiger partial charge in [0.15, 0.2) is 12.6 Å². The minimum Gasteiger partial charge on any atom is -0.464 e. The molecule has 0 spiro atoms. The molecule has 3 fully saturated rings. The van der Waals surface area contributed by atoms with Crippen LogP contribution in [-0.2, 0) is 38.0 Å². The van der Waals surface area contributed by atoms with Gasteiger partial charge >= 0.3 is 12.1 Å². The fourth-order valence-corrected chi connectivity index (χ4v) is 8.55. The number of carbonyl (C=O) groups excluding carboxylic acids is 2. The van der Waals surface area contributed by atoms with Crippen molar-refractivity contribution in [3.63, 3.8) is 0 Å². The van der Waals surface area contributed by atoms with E-state index in [1.165, 1.54) is 27.9 Å². The number of cyclic esters (lactones) is 1. The van der Waals surface area contributed by atoms with E-state index in [-0.39, 0.29) is 31.4 Å². The van der Waals surface area contributed by atoms with Gasteiger partial charge in [-0.15, -0.1) is 0 Å². The summed E-state index contributed by atoms with van der Waals surface area (Å²) in [4.78, 5) is 39.5. The molecule has 0 aromatic heterocycles. The number of ketones is 1. The minimum absolute atomic E-state index is 0.0936. The molecule has 18 nitrogen and oxygen atoms in total. The number of amides is 1. The molecule has 0 bridgehead atoms. The lowest BCUT2D eigenvalue weighted by Gasteiger charge is -2.49. The summed E-state index contributed by atoms with van der Waals surface area (Å²) in [5.41, 5.74) is -4.84. The van der Waals surface area contributed by atoms with Crippen molar-refractivity contribution >= 4 is 17.8 Å². The van der Waals surface area contributed by atoms with E-state index in [9.17, 15) is 39.9 Å². The summed E-state index contributed by atoms with van der Waals surface area (Å²) in [6.45, 7) is 18.3. The summed E-state index contributed by atoms with van der Waals surface area (Å²) >= 11 is 0. The van der Waals surface area contributed by atoms with Crippen molar-refractivity contribution in [1.82, 2.24) is 9.91 Å². The number of hydrogen-bond donors (Lipinski definition) is 7. The van der Waals surface area contributed by atoms with Gasteiger partial charge in [-0.2, -0.15) is 0 Å². The lowest BCUT2D eigenvalue weighted by atomic mass is 9.74. The number of esters is 1. The average molecular weight is 838 g/mol. The maximum atomic E-state index is 14.1. The number of aliphatic hydroxyl groups is 5. The van der Waals surface area contributed by atoms with Crippen molar-refractivity contribution in [3.8, 4) is 0 Å². The summed E-state index contributed by atoms with van der Waals surface area (Å²) in [6.07, 6.45) is -10.8. The van der Waals surface area contributed by atoms with E-state index in [0.29, 0.717) is 18.0 Å². The van der Waals surface area contributed by atoms with Crippen molar-refractivity contribution in [1.29, 1.82) is 0 Å². The van der Waals surface area contributed by atoms with Crippen LogP contribution in [0.25, 0.3) is 0 Å². The summed E-state index contributed by atoms with van der Waals surface area (Å²) in [5, 5.41) is 66.3. The Morgan fingerprint density at radius 3 is 1.98 bits per heavy atom. The normalized spacial score (nSPS) is 44.7. The third-order valence-corrected chi connectivity index (χ3v) is 12.4. The third kappa shape index (κ3) is 12.3. The molecule has 3 saturated heterocycles. The number of Topliss-reactive ketones (excluding diaryl/α,β-unsaturated/α-hetero) is 1. The Hall–Kier alpha value is -2.07. The summed E-state index contributed by atoms with van der Waals surface area (Å²) in [5.74, 6) is -0.127. The van der Waals surface area contributed by atoms with Crippen LogP contribution in [0.2, 0.25) is 0 Å². The van der Waals surface area contributed by atoms with Gasteiger partial charge in [0.05, 0.1) is 47.6 Å². The van der Waals surface area contributed by atoms with Gasteiger partial charge in [0.2, 0.25) is 0 Å². The zero-order valence-corrected chi connectivity index (χ0v) is 37.0. The first kappa shape index (κ1) is 52.1. The van der Waals surface area contributed by atoms with E-state index >= 15 is 0 Å². The van der Waals surface area contributed by atoms with Crippen LogP contribution in [0, 0.1) is 23.7 Å². The fourth-order valence-electron chi connectivity index (χ4n) is 8.55. The Bertz CT molecular complexity index is 1340. The molecule has 0 radical (unpaired) electrons. The maximum Gasteiger partial charge on any atom is 0.421 e. The Balaban J connectivity index is 0.00000151. The highest BCUT2D eigenvalue weighted by Gasteiger charge is 2.53. The first-order valence-electron chi connectivity index (χ1n) is 20.4. The molecule has 8 N–H and O–H groups in total. The summed E-state index contributed by atoms with van der Waals surface area (Å²) < 4.78 is 37.1. The predicted molar refractivity (Wildman–Crippen MR) is 211 cm³/mol. The standard InChI is InChI=1S/C37H67NO13.C3H8N2O2/c1-14-25-37(10,45)30(41)20(4)27(39)18(2)16-35(8,44)32(51-34-28(40)24(38(11)12)15-19(3)47-34)21(5)29(22(6)33(43)49-25)50-26-17-36(9,46-13)31(42)23(7)48-26;1-2-5(4)3(6)7/h18-26,28-32,34,40-42,44-45H,14-17H2,1-13H3;2,4H2,1H3,(H,6,7)/t18-,19-,20+,21+,22-,23+,24+,25-,26+,28-,29+,30-,31+,32-,34+,35-,36-,37-;/m1./s1. The monoisotopic (exact) mass is 838 g/mol. The van der Waals surface area contributed by atoms with Gasteiger partial charge < -0.3 is 64.0 Å². The van der Waals surface area contributed by atoms with Gasteiger partial charge in [0.25, 0.3) is 0 Å². The van der Waals surface area contributed by atoms with Crippen LogP contribution in [0.4, 0.5) is 4.79 Å². The van der Waals surface area contributed by atoms with Crippen LogP contribution in [-0.4, -0.2) is 170 Å². The van der Waals surface area contributed by atoms with Crippen LogP contribution >= 0.6 is 0 Å². The zero-order chi connectivity index (χ0) is 44.8. The average Bonchev–Trinajstić information content (AvgIpc) is 3.15. The van der Waals surface area contributed by atoms with E-state index < -0.39 is 114 Å². The summed E-state index contributed by atoms with van der Waals surface area (Å²) in [7, 11) is 5.18. The van der Waals surface area contributed by atoms with Crippen molar-refractivity contribution in [2.24, 2.45) is 29.5 Å². The van der Waals surface area contributed by atoms with E-state index in [2.05, 4.69) is 0 Å². The molecule has 0 aromatic rings. The molecule has 0 aromatic carbocycles. The highest BCUT2D eigenvalue weighted by molar-refractivity contribution is 5.83. The number of ether oxygens (including phenoxy) is 6. The molecule has 0 aliphatic carbocycles. The lowest BCUT2D eigenvalue weighted by molar-refractivity contribution is -0.318. The molecule has 3 aliphatic heterocycles. The molecule has 1 amide bonds. The highest BCUT2D eigenvalue weighted by atomic mass is 16.7. The number of carbonyl (C=O) groups is 3. The molecule has 0 saturated carbocycles. The van der Waals surface area contributed by atoms with Crippen molar-refractivity contribution < 1.29 is 73.4 Å². The van der Waals surface area contributed by atoms with Crippen LogP contribution in [0.1, 0.15) is 102 Å². The quantitative estimate of drug-likeness (QED) is 0.0793.